The lowest BCUT2D eigenvalue weighted by Crippen LogP contribution is -2.43. The Morgan fingerprint density at radius 3 is 2.65 bits per heavy atom. The topological polar surface area (TPSA) is 49.8 Å². The van der Waals surface area contributed by atoms with E-state index in [1.807, 2.05) is 0 Å². The van der Waals surface area contributed by atoms with Crippen LogP contribution in [0, 0.1) is 5.92 Å². The second kappa shape index (κ2) is 7.67. The fraction of sp³-hybridized carbons (Fsp3) is 0.923. The minimum absolute atomic E-state index is 0.0686. The number of nitrogens with zero attached hydrogens (tertiary/aromatic N) is 1. The van der Waals surface area contributed by atoms with E-state index in [1.165, 1.54) is 19.3 Å². The van der Waals surface area contributed by atoms with Gasteiger partial charge in [0, 0.05) is 6.04 Å². The SMILES string of the molecule is CCCCCCN(CC)C1COCC1C(=O)O. The summed E-state index contributed by atoms with van der Waals surface area (Å²) in [5.41, 5.74) is 0. The lowest BCUT2D eigenvalue weighted by Gasteiger charge is -2.29. The Morgan fingerprint density at radius 1 is 1.29 bits per heavy atom. The first-order valence-corrected chi connectivity index (χ1v) is 6.75. The normalized spacial score (nSPS) is 24.4. The van der Waals surface area contributed by atoms with Gasteiger partial charge in [-0.25, -0.2) is 0 Å². The van der Waals surface area contributed by atoms with Crippen molar-refractivity contribution >= 4 is 5.97 Å². The van der Waals surface area contributed by atoms with Crippen LogP contribution in [0.15, 0.2) is 0 Å². The molecule has 1 aliphatic rings. The Hall–Kier alpha value is -0.610. The summed E-state index contributed by atoms with van der Waals surface area (Å²) in [6.07, 6.45) is 4.89. The Balaban J connectivity index is 2.40. The van der Waals surface area contributed by atoms with E-state index in [-0.39, 0.29) is 12.0 Å². The zero-order chi connectivity index (χ0) is 12.7. The number of rotatable bonds is 8. The van der Waals surface area contributed by atoms with E-state index in [0.717, 1.165) is 19.5 Å². The number of hydrogen-bond acceptors (Lipinski definition) is 3. The van der Waals surface area contributed by atoms with Gasteiger partial charge in [0.15, 0.2) is 0 Å². The van der Waals surface area contributed by atoms with Crippen LogP contribution in [0.4, 0.5) is 0 Å². The van der Waals surface area contributed by atoms with Crippen molar-refractivity contribution < 1.29 is 14.6 Å². The third kappa shape index (κ3) is 4.28. The molecule has 0 bridgehead atoms. The first kappa shape index (κ1) is 14.5. The monoisotopic (exact) mass is 243 g/mol. The third-order valence-electron chi connectivity index (χ3n) is 3.54. The minimum atomic E-state index is -0.723. The highest BCUT2D eigenvalue weighted by Gasteiger charge is 2.37. The van der Waals surface area contributed by atoms with Crippen molar-refractivity contribution in [2.24, 2.45) is 5.92 Å². The maximum absolute atomic E-state index is 11.1. The van der Waals surface area contributed by atoms with E-state index in [1.54, 1.807) is 0 Å². The number of likely N-dealkylation sites (N-methyl/N-ethyl adjacent to an activating group) is 1. The van der Waals surface area contributed by atoms with Crippen molar-refractivity contribution in [2.45, 2.75) is 45.6 Å². The second-order valence-electron chi connectivity index (χ2n) is 4.74. The van der Waals surface area contributed by atoms with E-state index in [9.17, 15) is 4.79 Å². The third-order valence-corrected chi connectivity index (χ3v) is 3.54. The lowest BCUT2D eigenvalue weighted by molar-refractivity contribution is -0.143. The second-order valence-corrected chi connectivity index (χ2v) is 4.74. The van der Waals surface area contributed by atoms with E-state index in [0.29, 0.717) is 13.2 Å². The van der Waals surface area contributed by atoms with Crippen LogP contribution in [0.1, 0.15) is 39.5 Å². The predicted octanol–water partition coefficient (Wildman–Crippen LogP) is 1.99. The van der Waals surface area contributed by atoms with Gasteiger partial charge in [0.25, 0.3) is 0 Å². The maximum atomic E-state index is 11.1. The molecule has 2 atom stereocenters. The highest BCUT2D eigenvalue weighted by atomic mass is 16.5. The molecule has 1 saturated heterocycles. The summed E-state index contributed by atoms with van der Waals surface area (Å²) in [6, 6.07) is 0.0686. The van der Waals surface area contributed by atoms with E-state index >= 15 is 0 Å². The first-order chi connectivity index (χ1) is 8.20. The zero-order valence-electron chi connectivity index (χ0n) is 11.0. The average Bonchev–Trinajstić information content (AvgIpc) is 2.78. The Bertz CT molecular complexity index is 233. The summed E-state index contributed by atoms with van der Waals surface area (Å²) >= 11 is 0. The van der Waals surface area contributed by atoms with Gasteiger partial charge in [-0.15, -0.1) is 0 Å². The number of carbonyl (C=O) groups is 1. The molecule has 2 unspecified atom stereocenters. The molecule has 0 aromatic carbocycles. The lowest BCUT2D eigenvalue weighted by atomic mass is 10.0. The van der Waals surface area contributed by atoms with Crippen molar-refractivity contribution in [3.05, 3.63) is 0 Å². The molecule has 1 fully saturated rings. The standard InChI is InChI=1S/C13H25NO3/c1-3-5-6-7-8-14(4-2)12-10-17-9-11(12)13(15)16/h11-12H,3-10H2,1-2H3,(H,15,16). The summed E-state index contributed by atoms with van der Waals surface area (Å²) in [6.45, 7) is 7.13. The Morgan fingerprint density at radius 2 is 2.06 bits per heavy atom. The van der Waals surface area contributed by atoms with E-state index < -0.39 is 5.97 Å². The molecular weight excluding hydrogens is 218 g/mol. The number of carboxylic acids is 1. The van der Waals surface area contributed by atoms with E-state index in [2.05, 4.69) is 18.7 Å². The van der Waals surface area contributed by atoms with Crippen LogP contribution >= 0.6 is 0 Å². The van der Waals surface area contributed by atoms with Gasteiger partial charge in [-0.05, 0) is 19.5 Å². The van der Waals surface area contributed by atoms with Gasteiger partial charge in [0.1, 0.15) is 0 Å². The number of aliphatic carboxylic acids is 1. The molecule has 4 nitrogen and oxygen atoms in total. The quantitative estimate of drug-likeness (QED) is 0.662. The van der Waals surface area contributed by atoms with Crippen molar-refractivity contribution in [1.29, 1.82) is 0 Å². The van der Waals surface area contributed by atoms with Crippen molar-refractivity contribution in [3.63, 3.8) is 0 Å². The van der Waals surface area contributed by atoms with Gasteiger partial charge < -0.3 is 9.84 Å². The molecule has 0 aromatic rings. The summed E-state index contributed by atoms with van der Waals surface area (Å²) in [5, 5.41) is 9.13. The molecule has 0 radical (unpaired) electrons. The van der Waals surface area contributed by atoms with E-state index in [4.69, 9.17) is 9.84 Å². The van der Waals surface area contributed by atoms with Gasteiger partial charge >= 0.3 is 5.97 Å². The number of carboxylic acid groups (broad SMARTS) is 1. The molecule has 4 heteroatoms. The molecule has 1 N–H and O–H groups in total. The summed E-state index contributed by atoms with van der Waals surface area (Å²) in [5.74, 6) is -1.07. The molecule has 100 valence electrons. The largest absolute Gasteiger partial charge is 0.481 e. The van der Waals surface area contributed by atoms with Crippen molar-refractivity contribution in [2.75, 3.05) is 26.3 Å². The van der Waals surface area contributed by atoms with Crippen LogP contribution in [-0.2, 0) is 9.53 Å². The molecule has 1 rings (SSSR count). The molecular formula is C13H25NO3. The number of ether oxygens (including phenoxy) is 1. The molecule has 0 saturated carbocycles. The molecule has 0 aliphatic carbocycles. The van der Waals surface area contributed by atoms with Gasteiger partial charge in [0.05, 0.1) is 19.1 Å². The fourth-order valence-electron chi connectivity index (χ4n) is 2.44. The van der Waals surface area contributed by atoms with Gasteiger partial charge in [-0.1, -0.05) is 33.1 Å². The Kier molecular flexibility index (Phi) is 6.52. The van der Waals surface area contributed by atoms with Gasteiger partial charge in [-0.3, -0.25) is 9.69 Å². The first-order valence-electron chi connectivity index (χ1n) is 6.75. The van der Waals surface area contributed by atoms with Crippen LogP contribution in [0.2, 0.25) is 0 Å². The molecule has 17 heavy (non-hydrogen) atoms. The smallest absolute Gasteiger partial charge is 0.310 e. The summed E-state index contributed by atoms with van der Waals surface area (Å²) < 4.78 is 5.32. The number of hydrogen-bond donors (Lipinski definition) is 1. The van der Waals surface area contributed by atoms with Gasteiger partial charge in [0.2, 0.25) is 0 Å². The van der Waals surface area contributed by atoms with Crippen LogP contribution in [0.3, 0.4) is 0 Å². The molecule has 1 heterocycles. The Labute approximate surface area is 104 Å². The van der Waals surface area contributed by atoms with Crippen molar-refractivity contribution in [3.8, 4) is 0 Å². The highest BCUT2D eigenvalue weighted by molar-refractivity contribution is 5.71. The van der Waals surface area contributed by atoms with Crippen LogP contribution in [-0.4, -0.2) is 48.3 Å². The maximum Gasteiger partial charge on any atom is 0.310 e. The molecule has 1 aliphatic heterocycles. The zero-order valence-corrected chi connectivity index (χ0v) is 11.0. The molecule has 0 spiro atoms. The number of unbranched alkanes of at least 4 members (excludes halogenated alkanes) is 3. The highest BCUT2D eigenvalue weighted by Crippen LogP contribution is 2.20. The van der Waals surface area contributed by atoms with Gasteiger partial charge in [-0.2, -0.15) is 0 Å². The molecule has 0 aromatic heterocycles. The van der Waals surface area contributed by atoms with Crippen molar-refractivity contribution in [1.82, 2.24) is 4.90 Å². The summed E-state index contributed by atoms with van der Waals surface area (Å²) in [7, 11) is 0. The van der Waals surface area contributed by atoms with Crippen LogP contribution < -0.4 is 0 Å². The van der Waals surface area contributed by atoms with Crippen LogP contribution in [0.5, 0.6) is 0 Å². The average molecular weight is 243 g/mol. The summed E-state index contributed by atoms with van der Waals surface area (Å²) in [4.78, 5) is 13.4. The van der Waals surface area contributed by atoms with Crippen LogP contribution in [0.25, 0.3) is 0 Å². The fourth-order valence-corrected chi connectivity index (χ4v) is 2.44. The predicted molar refractivity (Wildman–Crippen MR) is 67.1 cm³/mol. The molecule has 0 amide bonds. The minimum Gasteiger partial charge on any atom is -0.481 e.